The molecule has 3 amide bonds. The van der Waals surface area contributed by atoms with Crippen molar-refractivity contribution >= 4 is 17.7 Å². The third-order valence-electron chi connectivity index (χ3n) is 4.54. The average Bonchev–Trinajstić information content (AvgIpc) is 2.72. The van der Waals surface area contributed by atoms with Crippen molar-refractivity contribution in [3.05, 3.63) is 65.5 Å². The van der Waals surface area contributed by atoms with Crippen LogP contribution in [0.1, 0.15) is 33.3 Å². The average molecular weight is 366 g/mol. The number of nitrogens with zero attached hydrogens (tertiary/aromatic N) is 3. The molecule has 0 atom stereocenters. The van der Waals surface area contributed by atoms with Gasteiger partial charge in [0, 0.05) is 50.4 Å². The molecule has 1 aliphatic heterocycles. The topological polar surface area (TPSA) is 82.6 Å². The Morgan fingerprint density at radius 1 is 0.963 bits per heavy atom. The van der Waals surface area contributed by atoms with Crippen LogP contribution in [-0.4, -0.2) is 58.7 Å². The molecule has 0 radical (unpaired) electrons. The van der Waals surface area contributed by atoms with Crippen molar-refractivity contribution in [1.82, 2.24) is 20.1 Å². The number of amides is 3. The molecule has 2 heterocycles. The van der Waals surface area contributed by atoms with Gasteiger partial charge >= 0.3 is 0 Å². The number of hydrogen-bond acceptors (Lipinski definition) is 4. The Hall–Kier alpha value is -3.22. The number of rotatable bonds is 4. The van der Waals surface area contributed by atoms with E-state index in [-0.39, 0.29) is 17.7 Å². The van der Waals surface area contributed by atoms with Gasteiger partial charge in [0.15, 0.2) is 0 Å². The third kappa shape index (κ3) is 4.69. The maximum absolute atomic E-state index is 12.7. The number of carbonyl (C=O) groups excluding carboxylic acids is 3. The minimum Gasteiger partial charge on any atom is -0.346 e. The van der Waals surface area contributed by atoms with Gasteiger partial charge in [-0.25, -0.2) is 0 Å². The molecular weight excluding hydrogens is 344 g/mol. The lowest BCUT2D eigenvalue weighted by Gasteiger charge is -2.34. The van der Waals surface area contributed by atoms with Gasteiger partial charge in [-0.2, -0.15) is 0 Å². The lowest BCUT2D eigenvalue weighted by Crippen LogP contribution is -2.50. The molecule has 1 aromatic carbocycles. The summed E-state index contributed by atoms with van der Waals surface area (Å²) < 4.78 is 0. The first kappa shape index (κ1) is 18.6. The van der Waals surface area contributed by atoms with Crippen LogP contribution in [0.15, 0.2) is 48.7 Å². The number of hydrogen-bond donors (Lipinski definition) is 1. The van der Waals surface area contributed by atoms with Crippen molar-refractivity contribution in [2.45, 2.75) is 13.5 Å². The molecular formula is C20H22N4O3. The summed E-state index contributed by atoms with van der Waals surface area (Å²) in [5.41, 5.74) is 1.66. The molecule has 140 valence electrons. The van der Waals surface area contributed by atoms with Crippen molar-refractivity contribution < 1.29 is 14.4 Å². The molecule has 0 unspecified atom stereocenters. The summed E-state index contributed by atoms with van der Waals surface area (Å²) in [6.07, 6.45) is 1.67. The van der Waals surface area contributed by atoms with Crippen molar-refractivity contribution in [2.75, 3.05) is 26.2 Å². The lowest BCUT2D eigenvalue weighted by molar-refractivity contribution is -0.130. The molecule has 0 spiro atoms. The van der Waals surface area contributed by atoms with Gasteiger partial charge in [0.1, 0.15) is 0 Å². The number of nitrogens with one attached hydrogen (secondary N) is 1. The fourth-order valence-electron chi connectivity index (χ4n) is 2.98. The van der Waals surface area contributed by atoms with Crippen LogP contribution in [0.25, 0.3) is 0 Å². The predicted molar refractivity (Wildman–Crippen MR) is 100 cm³/mol. The van der Waals surface area contributed by atoms with E-state index in [4.69, 9.17) is 0 Å². The summed E-state index contributed by atoms with van der Waals surface area (Å²) in [5.74, 6) is -0.358. The number of carbonyl (C=O) groups is 3. The van der Waals surface area contributed by atoms with Crippen LogP contribution >= 0.6 is 0 Å². The zero-order valence-corrected chi connectivity index (χ0v) is 15.2. The van der Waals surface area contributed by atoms with E-state index in [0.29, 0.717) is 43.9 Å². The lowest BCUT2D eigenvalue weighted by atomic mass is 10.1. The summed E-state index contributed by atoms with van der Waals surface area (Å²) in [5, 5.41) is 2.81. The van der Waals surface area contributed by atoms with E-state index in [9.17, 15) is 14.4 Å². The molecule has 1 aliphatic rings. The minimum atomic E-state index is -0.253. The van der Waals surface area contributed by atoms with E-state index < -0.39 is 0 Å². The van der Waals surface area contributed by atoms with Crippen LogP contribution < -0.4 is 5.32 Å². The van der Waals surface area contributed by atoms with Gasteiger partial charge in [0.05, 0.1) is 12.2 Å². The normalized spacial score (nSPS) is 14.0. The predicted octanol–water partition coefficient (Wildman–Crippen LogP) is 1.32. The Bertz CT molecular complexity index is 830. The van der Waals surface area contributed by atoms with Crippen molar-refractivity contribution in [3.63, 3.8) is 0 Å². The van der Waals surface area contributed by atoms with Gasteiger partial charge in [0.25, 0.3) is 11.8 Å². The third-order valence-corrected chi connectivity index (χ3v) is 4.54. The van der Waals surface area contributed by atoms with E-state index in [2.05, 4.69) is 10.3 Å². The quantitative estimate of drug-likeness (QED) is 0.885. The highest BCUT2D eigenvalue weighted by molar-refractivity contribution is 5.99. The molecule has 7 heteroatoms. The van der Waals surface area contributed by atoms with E-state index >= 15 is 0 Å². The monoisotopic (exact) mass is 366 g/mol. The fraction of sp³-hybridized carbons (Fsp3) is 0.300. The first-order chi connectivity index (χ1) is 13.0. The van der Waals surface area contributed by atoms with Gasteiger partial charge in [0.2, 0.25) is 5.91 Å². The Morgan fingerprint density at radius 2 is 1.67 bits per heavy atom. The van der Waals surface area contributed by atoms with Crippen LogP contribution in [0.2, 0.25) is 0 Å². The van der Waals surface area contributed by atoms with Crippen LogP contribution in [0, 0.1) is 0 Å². The van der Waals surface area contributed by atoms with Crippen molar-refractivity contribution in [2.24, 2.45) is 0 Å². The SMILES string of the molecule is CC(=O)N1CCN(C(=O)c2cccc(C(=O)NCc3ccccn3)c2)CC1. The molecule has 0 bridgehead atoms. The van der Waals surface area contributed by atoms with E-state index in [0.717, 1.165) is 5.69 Å². The number of pyridine rings is 1. The zero-order valence-electron chi connectivity index (χ0n) is 15.2. The molecule has 1 saturated heterocycles. The zero-order chi connectivity index (χ0) is 19.2. The second-order valence-corrected chi connectivity index (χ2v) is 6.38. The van der Waals surface area contributed by atoms with Gasteiger partial charge < -0.3 is 15.1 Å². The maximum atomic E-state index is 12.7. The molecule has 1 fully saturated rings. The Kier molecular flexibility index (Phi) is 5.80. The van der Waals surface area contributed by atoms with Crippen LogP contribution in [-0.2, 0) is 11.3 Å². The van der Waals surface area contributed by atoms with Crippen LogP contribution in [0.4, 0.5) is 0 Å². The highest BCUT2D eigenvalue weighted by Gasteiger charge is 2.23. The van der Waals surface area contributed by atoms with Gasteiger partial charge in [-0.05, 0) is 30.3 Å². The van der Waals surface area contributed by atoms with E-state index in [1.807, 2.05) is 18.2 Å². The Morgan fingerprint density at radius 3 is 2.33 bits per heavy atom. The summed E-state index contributed by atoms with van der Waals surface area (Å²) in [4.78, 5) is 44.1. The number of piperazine rings is 1. The summed E-state index contributed by atoms with van der Waals surface area (Å²) in [7, 11) is 0. The summed E-state index contributed by atoms with van der Waals surface area (Å²) >= 11 is 0. The largest absolute Gasteiger partial charge is 0.346 e. The second kappa shape index (κ2) is 8.44. The molecule has 1 N–H and O–H groups in total. The van der Waals surface area contributed by atoms with Crippen molar-refractivity contribution in [3.8, 4) is 0 Å². The maximum Gasteiger partial charge on any atom is 0.253 e. The molecule has 3 rings (SSSR count). The molecule has 0 saturated carbocycles. The van der Waals surface area contributed by atoms with E-state index in [1.165, 1.54) is 6.92 Å². The van der Waals surface area contributed by atoms with E-state index in [1.54, 1.807) is 40.3 Å². The van der Waals surface area contributed by atoms with Gasteiger partial charge in [-0.1, -0.05) is 12.1 Å². The van der Waals surface area contributed by atoms with Gasteiger partial charge in [-0.3, -0.25) is 19.4 Å². The van der Waals surface area contributed by atoms with Crippen molar-refractivity contribution in [1.29, 1.82) is 0 Å². The first-order valence-electron chi connectivity index (χ1n) is 8.87. The minimum absolute atomic E-state index is 0.0219. The summed E-state index contributed by atoms with van der Waals surface area (Å²) in [6.45, 7) is 3.91. The highest BCUT2D eigenvalue weighted by atomic mass is 16.2. The second-order valence-electron chi connectivity index (χ2n) is 6.38. The molecule has 0 aliphatic carbocycles. The highest BCUT2D eigenvalue weighted by Crippen LogP contribution is 2.11. The first-order valence-corrected chi connectivity index (χ1v) is 8.87. The van der Waals surface area contributed by atoms with Crippen LogP contribution in [0.5, 0.6) is 0 Å². The van der Waals surface area contributed by atoms with Gasteiger partial charge in [-0.15, -0.1) is 0 Å². The molecule has 7 nitrogen and oxygen atoms in total. The standard InChI is InChI=1S/C20H22N4O3/c1-15(25)23-9-11-24(12-10-23)20(27)17-6-4-5-16(13-17)19(26)22-14-18-7-2-3-8-21-18/h2-8,13H,9-12,14H2,1H3,(H,22,26). The molecule has 27 heavy (non-hydrogen) atoms. The van der Waals surface area contributed by atoms with Crippen LogP contribution in [0.3, 0.4) is 0 Å². The summed E-state index contributed by atoms with van der Waals surface area (Å²) in [6, 6.07) is 12.2. The number of aromatic nitrogens is 1. The molecule has 2 aromatic rings. The molecule has 1 aromatic heterocycles. The Balaban J connectivity index is 1.62. The fourth-order valence-corrected chi connectivity index (χ4v) is 2.98. The Labute approximate surface area is 158 Å². The number of benzene rings is 1. The smallest absolute Gasteiger partial charge is 0.253 e.